The number of rotatable bonds is 5. The maximum absolute atomic E-state index is 12.0. The molecule has 1 rings (SSSR count). The Balaban J connectivity index is 2.44. The van der Waals surface area contributed by atoms with Gasteiger partial charge in [0.1, 0.15) is 6.04 Å². The van der Waals surface area contributed by atoms with Crippen LogP contribution in [-0.4, -0.2) is 53.0 Å². The van der Waals surface area contributed by atoms with Crippen LogP contribution in [0.4, 0.5) is 0 Å². The molecule has 0 bridgehead atoms. The molecule has 1 aliphatic heterocycles. The summed E-state index contributed by atoms with van der Waals surface area (Å²) < 4.78 is 0. The summed E-state index contributed by atoms with van der Waals surface area (Å²) in [5, 5.41) is 11.0. The van der Waals surface area contributed by atoms with Crippen LogP contribution in [0.15, 0.2) is 0 Å². The summed E-state index contributed by atoms with van der Waals surface area (Å²) in [7, 11) is 0. The molecule has 0 spiro atoms. The Kier molecular flexibility index (Phi) is 5.75. The molecular weight excluding hydrogens is 250 g/mol. The molecule has 7 heteroatoms. The number of nitrogens with one attached hydrogen (secondary N) is 1. The summed E-state index contributed by atoms with van der Waals surface area (Å²) in [6.45, 7) is 3.00. The number of piperidine rings is 1. The topological polar surface area (TPSA) is 113 Å². The number of aliphatic carboxylic acids is 1. The first kappa shape index (κ1) is 15.4. The number of amides is 2. The van der Waals surface area contributed by atoms with Crippen LogP contribution in [-0.2, 0) is 14.4 Å². The van der Waals surface area contributed by atoms with Crippen molar-refractivity contribution in [2.24, 2.45) is 5.73 Å². The van der Waals surface area contributed by atoms with E-state index in [1.807, 2.05) is 0 Å². The molecule has 0 aliphatic carbocycles. The molecule has 0 aromatic carbocycles. The summed E-state index contributed by atoms with van der Waals surface area (Å²) in [4.78, 5) is 35.8. The molecule has 0 aromatic rings. The van der Waals surface area contributed by atoms with Crippen LogP contribution in [0.25, 0.3) is 0 Å². The number of nitrogens with zero attached hydrogens (tertiary/aromatic N) is 1. The molecular formula is C12H21N3O4. The van der Waals surface area contributed by atoms with Crippen molar-refractivity contribution in [1.82, 2.24) is 10.2 Å². The first-order valence-corrected chi connectivity index (χ1v) is 6.48. The van der Waals surface area contributed by atoms with Crippen molar-refractivity contribution in [3.05, 3.63) is 0 Å². The Morgan fingerprint density at radius 3 is 2.37 bits per heavy atom. The van der Waals surface area contributed by atoms with E-state index < -0.39 is 30.4 Å². The maximum Gasteiger partial charge on any atom is 0.305 e. The van der Waals surface area contributed by atoms with Crippen LogP contribution in [0.5, 0.6) is 0 Å². The lowest BCUT2D eigenvalue weighted by molar-refractivity contribution is -0.140. The van der Waals surface area contributed by atoms with E-state index in [-0.39, 0.29) is 5.91 Å². The van der Waals surface area contributed by atoms with Crippen LogP contribution in [0.3, 0.4) is 0 Å². The number of carboxylic acid groups (broad SMARTS) is 1. The first-order valence-electron chi connectivity index (χ1n) is 6.48. The van der Waals surface area contributed by atoms with Gasteiger partial charge < -0.3 is 21.1 Å². The van der Waals surface area contributed by atoms with Gasteiger partial charge in [-0.15, -0.1) is 0 Å². The van der Waals surface area contributed by atoms with Crippen molar-refractivity contribution in [3.8, 4) is 0 Å². The molecule has 4 N–H and O–H groups in total. The van der Waals surface area contributed by atoms with Crippen molar-refractivity contribution in [2.45, 2.75) is 44.7 Å². The molecule has 1 aliphatic rings. The summed E-state index contributed by atoms with van der Waals surface area (Å²) in [6.07, 6.45) is 2.63. The molecule has 0 aromatic heterocycles. The normalized spacial score (nSPS) is 18.5. The standard InChI is InChI=1S/C12H21N3O4/c1-8(12(19)15-5-3-2-4-6-15)14-11(18)9(13)7-10(16)17/h8-9H,2-7,13H2,1H3,(H,14,18)(H,16,17). The van der Waals surface area contributed by atoms with Gasteiger partial charge in [-0.1, -0.05) is 0 Å². The molecule has 1 heterocycles. The van der Waals surface area contributed by atoms with E-state index in [2.05, 4.69) is 5.32 Å². The Morgan fingerprint density at radius 2 is 1.84 bits per heavy atom. The van der Waals surface area contributed by atoms with Gasteiger partial charge in [-0.3, -0.25) is 14.4 Å². The van der Waals surface area contributed by atoms with Crippen molar-refractivity contribution < 1.29 is 19.5 Å². The van der Waals surface area contributed by atoms with Crippen molar-refractivity contribution >= 4 is 17.8 Å². The number of likely N-dealkylation sites (tertiary alicyclic amines) is 1. The van der Waals surface area contributed by atoms with E-state index in [9.17, 15) is 14.4 Å². The highest BCUT2D eigenvalue weighted by molar-refractivity contribution is 5.91. The number of nitrogens with two attached hydrogens (primary N) is 1. The van der Waals surface area contributed by atoms with Crippen molar-refractivity contribution in [3.63, 3.8) is 0 Å². The van der Waals surface area contributed by atoms with Crippen molar-refractivity contribution in [1.29, 1.82) is 0 Å². The first-order chi connectivity index (χ1) is 8.91. The zero-order valence-electron chi connectivity index (χ0n) is 11.1. The second-order valence-electron chi connectivity index (χ2n) is 4.82. The second-order valence-corrected chi connectivity index (χ2v) is 4.82. The van der Waals surface area contributed by atoms with Crippen LogP contribution >= 0.6 is 0 Å². The monoisotopic (exact) mass is 271 g/mol. The van der Waals surface area contributed by atoms with E-state index in [0.29, 0.717) is 13.1 Å². The van der Waals surface area contributed by atoms with Crippen LogP contribution in [0.2, 0.25) is 0 Å². The highest BCUT2D eigenvalue weighted by atomic mass is 16.4. The SMILES string of the molecule is CC(NC(=O)C(N)CC(=O)O)C(=O)N1CCCCC1. The third-order valence-corrected chi connectivity index (χ3v) is 3.13. The number of carboxylic acids is 1. The number of carbonyl (C=O) groups excluding carboxylic acids is 2. The third kappa shape index (κ3) is 4.86. The van der Waals surface area contributed by atoms with Gasteiger partial charge in [0.15, 0.2) is 0 Å². The van der Waals surface area contributed by atoms with Gasteiger partial charge in [-0.25, -0.2) is 0 Å². The van der Waals surface area contributed by atoms with Gasteiger partial charge in [-0.2, -0.15) is 0 Å². The summed E-state index contributed by atoms with van der Waals surface area (Å²) in [6, 6.07) is -1.81. The van der Waals surface area contributed by atoms with Gasteiger partial charge in [0.2, 0.25) is 11.8 Å². The molecule has 1 saturated heterocycles. The summed E-state index contributed by atoms with van der Waals surface area (Å²) in [5.41, 5.74) is 5.43. The van der Waals surface area contributed by atoms with Crippen molar-refractivity contribution in [2.75, 3.05) is 13.1 Å². The quantitative estimate of drug-likeness (QED) is 0.612. The lowest BCUT2D eigenvalue weighted by Crippen LogP contribution is -2.52. The fourth-order valence-electron chi connectivity index (χ4n) is 2.05. The minimum Gasteiger partial charge on any atom is -0.481 e. The fraction of sp³-hybridized carbons (Fsp3) is 0.750. The average Bonchev–Trinajstić information content (AvgIpc) is 2.37. The Hall–Kier alpha value is -1.63. The molecule has 108 valence electrons. The van der Waals surface area contributed by atoms with Crippen LogP contribution in [0.1, 0.15) is 32.6 Å². The van der Waals surface area contributed by atoms with E-state index in [0.717, 1.165) is 19.3 Å². The summed E-state index contributed by atoms with van der Waals surface area (Å²) in [5.74, 6) is -1.89. The molecule has 0 saturated carbocycles. The molecule has 2 amide bonds. The van der Waals surface area contributed by atoms with E-state index >= 15 is 0 Å². The third-order valence-electron chi connectivity index (χ3n) is 3.13. The van der Waals surface area contributed by atoms with Crippen LogP contribution in [0, 0.1) is 0 Å². The molecule has 2 atom stereocenters. The Bertz CT molecular complexity index is 353. The minimum atomic E-state index is -1.14. The predicted octanol–water partition coefficient (Wildman–Crippen LogP) is -0.694. The maximum atomic E-state index is 12.0. The predicted molar refractivity (Wildman–Crippen MR) is 68.3 cm³/mol. The van der Waals surface area contributed by atoms with Gasteiger partial charge in [0.05, 0.1) is 12.5 Å². The number of hydrogen-bond donors (Lipinski definition) is 3. The van der Waals surface area contributed by atoms with Gasteiger partial charge in [0, 0.05) is 13.1 Å². The van der Waals surface area contributed by atoms with Gasteiger partial charge in [0.25, 0.3) is 0 Å². The lowest BCUT2D eigenvalue weighted by atomic mass is 10.1. The van der Waals surface area contributed by atoms with E-state index in [1.54, 1.807) is 11.8 Å². The lowest BCUT2D eigenvalue weighted by Gasteiger charge is -2.29. The molecule has 2 unspecified atom stereocenters. The van der Waals surface area contributed by atoms with E-state index in [1.165, 1.54) is 0 Å². The largest absolute Gasteiger partial charge is 0.481 e. The van der Waals surface area contributed by atoms with Gasteiger partial charge in [-0.05, 0) is 26.2 Å². The average molecular weight is 271 g/mol. The zero-order chi connectivity index (χ0) is 14.4. The fourth-order valence-corrected chi connectivity index (χ4v) is 2.05. The van der Waals surface area contributed by atoms with Crippen LogP contribution < -0.4 is 11.1 Å². The van der Waals surface area contributed by atoms with E-state index in [4.69, 9.17) is 10.8 Å². The molecule has 1 fully saturated rings. The molecule has 7 nitrogen and oxygen atoms in total. The number of hydrogen-bond acceptors (Lipinski definition) is 4. The highest BCUT2D eigenvalue weighted by Gasteiger charge is 2.25. The smallest absolute Gasteiger partial charge is 0.305 e. The summed E-state index contributed by atoms with van der Waals surface area (Å²) >= 11 is 0. The molecule has 0 radical (unpaired) electrons. The minimum absolute atomic E-state index is 0.143. The Labute approximate surface area is 112 Å². The Morgan fingerprint density at radius 1 is 1.26 bits per heavy atom. The van der Waals surface area contributed by atoms with Gasteiger partial charge >= 0.3 is 5.97 Å². The number of carbonyl (C=O) groups is 3. The highest BCUT2D eigenvalue weighted by Crippen LogP contribution is 2.10. The zero-order valence-corrected chi connectivity index (χ0v) is 11.1. The molecule has 19 heavy (non-hydrogen) atoms. The second kappa shape index (κ2) is 7.08.